The Balaban J connectivity index is 1.32. The average molecular weight is 420 g/mol. The molecular weight excluding hydrogens is 396 g/mol. The molecule has 2 aliphatic rings. The van der Waals surface area contributed by atoms with Crippen molar-refractivity contribution >= 4 is 23.6 Å². The van der Waals surface area contributed by atoms with E-state index in [1.807, 2.05) is 19.1 Å². The summed E-state index contributed by atoms with van der Waals surface area (Å²) in [5, 5.41) is 2.58. The Kier molecular flexibility index (Phi) is 5.70. The lowest BCUT2D eigenvalue weighted by Crippen LogP contribution is -2.48. The van der Waals surface area contributed by atoms with Crippen LogP contribution in [0.15, 0.2) is 48.5 Å². The van der Waals surface area contributed by atoms with E-state index in [1.165, 1.54) is 0 Å². The van der Waals surface area contributed by atoms with E-state index in [9.17, 15) is 19.2 Å². The van der Waals surface area contributed by atoms with Crippen LogP contribution in [0.3, 0.4) is 0 Å². The van der Waals surface area contributed by atoms with Gasteiger partial charge in [0.1, 0.15) is 6.04 Å². The second kappa shape index (κ2) is 8.59. The second-order valence-electron chi connectivity index (χ2n) is 7.70. The number of amides is 4. The number of fused-ring (bicyclic) bond motifs is 1. The van der Waals surface area contributed by atoms with Gasteiger partial charge < -0.3 is 10.2 Å². The number of nitrogens with one attached hydrogen (secondary N) is 3. The number of hydrazine groups is 1. The lowest BCUT2D eigenvalue weighted by atomic mass is 10.0. The molecule has 1 fully saturated rings. The molecule has 8 nitrogen and oxygen atoms in total. The quantitative estimate of drug-likeness (QED) is 0.616. The van der Waals surface area contributed by atoms with Crippen LogP contribution in [0.4, 0.5) is 0 Å². The first-order valence-corrected chi connectivity index (χ1v) is 10.4. The summed E-state index contributed by atoms with van der Waals surface area (Å²) < 4.78 is 0. The van der Waals surface area contributed by atoms with E-state index in [0.717, 1.165) is 24.8 Å². The zero-order valence-electron chi connectivity index (χ0n) is 17.2. The van der Waals surface area contributed by atoms with Gasteiger partial charge in [-0.2, -0.15) is 0 Å². The molecule has 0 spiro atoms. The maximum Gasteiger partial charge on any atom is 0.269 e. The van der Waals surface area contributed by atoms with Crippen LogP contribution in [0.5, 0.6) is 0 Å². The van der Waals surface area contributed by atoms with Crippen molar-refractivity contribution in [2.45, 2.75) is 38.3 Å². The number of nitrogens with zero attached hydrogens (tertiary/aromatic N) is 1. The van der Waals surface area contributed by atoms with Crippen molar-refractivity contribution in [3.05, 3.63) is 70.8 Å². The number of hydrogen-bond donors (Lipinski definition) is 3. The monoisotopic (exact) mass is 420 g/mol. The predicted octanol–water partition coefficient (Wildman–Crippen LogP) is 1.49. The third-order valence-corrected chi connectivity index (χ3v) is 5.55. The zero-order valence-corrected chi connectivity index (χ0v) is 17.2. The van der Waals surface area contributed by atoms with Crippen molar-refractivity contribution < 1.29 is 19.2 Å². The first-order valence-electron chi connectivity index (χ1n) is 10.4. The molecule has 4 rings (SSSR count). The Morgan fingerprint density at radius 2 is 1.71 bits per heavy atom. The predicted molar refractivity (Wildman–Crippen MR) is 113 cm³/mol. The zero-order chi connectivity index (χ0) is 22.0. The molecule has 1 atom stereocenters. The molecule has 1 aliphatic heterocycles. The first kappa shape index (κ1) is 20.6. The summed E-state index contributed by atoms with van der Waals surface area (Å²) in [5.41, 5.74) is 7.34. The first-order chi connectivity index (χ1) is 15.0. The molecule has 4 amide bonds. The van der Waals surface area contributed by atoms with Crippen molar-refractivity contribution in [1.82, 2.24) is 21.1 Å². The second-order valence-corrected chi connectivity index (χ2v) is 7.70. The van der Waals surface area contributed by atoms with Crippen molar-refractivity contribution in [2.24, 2.45) is 0 Å². The van der Waals surface area contributed by atoms with Crippen LogP contribution in [0.25, 0.3) is 0 Å². The molecule has 31 heavy (non-hydrogen) atoms. The maximum atomic E-state index is 12.8. The Hall–Kier alpha value is -3.68. The number of carbonyl (C=O) groups excluding carboxylic acids is 4. The fraction of sp³-hybridized carbons (Fsp3) is 0.304. The topological polar surface area (TPSA) is 108 Å². The van der Waals surface area contributed by atoms with Crippen molar-refractivity contribution in [3.8, 4) is 0 Å². The highest BCUT2D eigenvalue weighted by atomic mass is 16.2. The lowest BCUT2D eigenvalue weighted by molar-refractivity contribution is -0.129. The normalized spacial score (nSPS) is 17.1. The summed E-state index contributed by atoms with van der Waals surface area (Å²) in [6.07, 6.45) is 2.61. The van der Waals surface area contributed by atoms with E-state index in [-0.39, 0.29) is 18.5 Å². The van der Waals surface area contributed by atoms with Gasteiger partial charge in [-0.25, -0.2) is 0 Å². The number of benzene rings is 2. The summed E-state index contributed by atoms with van der Waals surface area (Å²) in [5.74, 6) is -1.58. The van der Waals surface area contributed by atoms with Crippen LogP contribution in [-0.2, 0) is 16.0 Å². The van der Waals surface area contributed by atoms with E-state index >= 15 is 0 Å². The highest BCUT2D eigenvalue weighted by Crippen LogP contribution is 2.41. The van der Waals surface area contributed by atoms with Gasteiger partial charge in [0.15, 0.2) is 0 Å². The third-order valence-electron chi connectivity index (χ3n) is 5.55. The van der Waals surface area contributed by atoms with Gasteiger partial charge in [-0.1, -0.05) is 37.3 Å². The van der Waals surface area contributed by atoms with Crippen molar-refractivity contribution in [1.29, 1.82) is 0 Å². The van der Waals surface area contributed by atoms with Gasteiger partial charge >= 0.3 is 0 Å². The Morgan fingerprint density at radius 3 is 2.39 bits per heavy atom. The molecule has 1 heterocycles. The summed E-state index contributed by atoms with van der Waals surface area (Å²) >= 11 is 0. The van der Waals surface area contributed by atoms with Crippen LogP contribution in [0.2, 0.25) is 0 Å². The molecule has 160 valence electrons. The molecular formula is C23H24N4O4. The SMILES string of the molecule is CCc1ccc(C(=O)NNC(=O)CNC(=O)C2c3ccccc3C(=O)N2C2CC2)cc1. The number of hydrogen-bond acceptors (Lipinski definition) is 4. The number of carbonyl (C=O) groups is 4. The van der Waals surface area contributed by atoms with Crippen LogP contribution in [-0.4, -0.2) is 41.1 Å². The van der Waals surface area contributed by atoms with Gasteiger partial charge in [0, 0.05) is 17.2 Å². The Bertz CT molecular complexity index is 1030. The molecule has 0 saturated heterocycles. The van der Waals surface area contributed by atoms with Crippen molar-refractivity contribution in [2.75, 3.05) is 6.54 Å². The smallest absolute Gasteiger partial charge is 0.269 e. The fourth-order valence-corrected chi connectivity index (χ4v) is 3.73. The molecule has 1 unspecified atom stereocenters. The number of aryl methyl sites for hydroxylation is 1. The summed E-state index contributed by atoms with van der Waals surface area (Å²) in [6, 6.07) is 13.4. The molecule has 0 bridgehead atoms. The lowest BCUT2D eigenvalue weighted by Gasteiger charge is -2.24. The van der Waals surface area contributed by atoms with E-state index < -0.39 is 23.8 Å². The highest BCUT2D eigenvalue weighted by Gasteiger charge is 2.47. The van der Waals surface area contributed by atoms with E-state index in [2.05, 4.69) is 16.2 Å². The molecule has 3 N–H and O–H groups in total. The Labute approximate surface area is 180 Å². The summed E-state index contributed by atoms with van der Waals surface area (Å²) in [7, 11) is 0. The van der Waals surface area contributed by atoms with Crippen LogP contribution in [0.1, 0.15) is 57.7 Å². The summed E-state index contributed by atoms with van der Waals surface area (Å²) in [4.78, 5) is 51.4. The minimum atomic E-state index is -0.740. The minimum absolute atomic E-state index is 0.0582. The standard InChI is InChI=1S/C23H24N4O4/c1-2-14-7-9-15(10-8-14)21(29)26-25-19(28)13-24-22(30)20-17-5-3-4-6-18(17)23(31)27(20)16-11-12-16/h3-10,16,20H,2,11-13H2,1H3,(H,24,30)(H,25,28)(H,26,29). The molecule has 2 aromatic carbocycles. The van der Waals surface area contributed by atoms with Gasteiger partial charge in [-0.15, -0.1) is 0 Å². The van der Waals surface area contributed by atoms with E-state index in [4.69, 9.17) is 0 Å². The van der Waals surface area contributed by atoms with Gasteiger partial charge in [0.05, 0.1) is 6.54 Å². The number of rotatable bonds is 6. The van der Waals surface area contributed by atoms with Crippen LogP contribution in [0, 0.1) is 0 Å². The summed E-state index contributed by atoms with van der Waals surface area (Å²) in [6.45, 7) is 1.70. The molecule has 1 aliphatic carbocycles. The van der Waals surface area contributed by atoms with Gasteiger partial charge in [0.2, 0.25) is 5.91 Å². The van der Waals surface area contributed by atoms with E-state index in [0.29, 0.717) is 16.7 Å². The molecule has 8 heteroatoms. The molecule has 0 radical (unpaired) electrons. The minimum Gasteiger partial charge on any atom is -0.345 e. The van der Waals surface area contributed by atoms with Gasteiger partial charge in [0.25, 0.3) is 17.7 Å². The van der Waals surface area contributed by atoms with Crippen LogP contribution >= 0.6 is 0 Å². The van der Waals surface area contributed by atoms with Gasteiger partial charge in [-0.05, 0) is 48.6 Å². The van der Waals surface area contributed by atoms with E-state index in [1.54, 1.807) is 41.3 Å². The average Bonchev–Trinajstić information content (AvgIpc) is 3.59. The van der Waals surface area contributed by atoms with Gasteiger partial charge in [-0.3, -0.25) is 30.0 Å². The van der Waals surface area contributed by atoms with Crippen molar-refractivity contribution in [3.63, 3.8) is 0 Å². The third kappa shape index (κ3) is 4.28. The molecule has 0 aromatic heterocycles. The fourth-order valence-electron chi connectivity index (χ4n) is 3.73. The highest BCUT2D eigenvalue weighted by molar-refractivity contribution is 6.05. The largest absolute Gasteiger partial charge is 0.345 e. The molecule has 2 aromatic rings. The van der Waals surface area contributed by atoms with Crippen LogP contribution < -0.4 is 16.2 Å². The molecule has 1 saturated carbocycles. The maximum absolute atomic E-state index is 12.8. The Morgan fingerprint density at radius 1 is 1.00 bits per heavy atom.